The second kappa shape index (κ2) is 1.73. The summed E-state index contributed by atoms with van der Waals surface area (Å²) in [6, 6.07) is 7.52. The summed E-state index contributed by atoms with van der Waals surface area (Å²) in [5.41, 5.74) is 0.492. The SMILES string of the molecule is O=c1[c]ccc2ccon12. The molecule has 2 rings (SSSR count). The van der Waals surface area contributed by atoms with Crippen LogP contribution in [0.25, 0.3) is 5.52 Å². The first-order valence-electron chi connectivity index (χ1n) is 2.85. The monoisotopic (exact) mass is 134 g/mol. The zero-order valence-electron chi connectivity index (χ0n) is 5.07. The van der Waals surface area contributed by atoms with Gasteiger partial charge in [0.1, 0.15) is 6.26 Å². The molecule has 0 unspecified atom stereocenters. The molecule has 0 fully saturated rings. The number of hydrogen-bond acceptors (Lipinski definition) is 2. The minimum Gasteiger partial charge on any atom is -0.379 e. The maximum absolute atomic E-state index is 10.9. The Kier molecular flexibility index (Phi) is 0.917. The van der Waals surface area contributed by atoms with Crippen LogP contribution in [0, 0.1) is 6.07 Å². The lowest BCUT2D eigenvalue weighted by molar-refractivity contribution is 0.365. The van der Waals surface area contributed by atoms with Gasteiger partial charge in [-0.15, -0.1) is 4.57 Å². The molecule has 0 saturated heterocycles. The highest BCUT2D eigenvalue weighted by Gasteiger charge is 1.94. The molecule has 2 heterocycles. The number of hydrogen-bond donors (Lipinski definition) is 0. The molecule has 2 aromatic rings. The minimum absolute atomic E-state index is 0.262. The fourth-order valence-corrected chi connectivity index (χ4v) is 0.835. The third kappa shape index (κ3) is 0.572. The fourth-order valence-electron chi connectivity index (χ4n) is 0.835. The van der Waals surface area contributed by atoms with E-state index < -0.39 is 0 Å². The third-order valence-electron chi connectivity index (χ3n) is 1.28. The van der Waals surface area contributed by atoms with Crippen LogP contribution in [-0.2, 0) is 0 Å². The summed E-state index contributed by atoms with van der Waals surface area (Å²) in [4.78, 5) is 10.9. The van der Waals surface area contributed by atoms with Crippen LogP contribution >= 0.6 is 0 Å². The van der Waals surface area contributed by atoms with Crippen molar-refractivity contribution in [2.75, 3.05) is 0 Å². The van der Waals surface area contributed by atoms with E-state index in [2.05, 4.69) is 6.07 Å². The first-order valence-corrected chi connectivity index (χ1v) is 2.85. The summed E-state index contributed by atoms with van der Waals surface area (Å²) < 4.78 is 6.00. The zero-order chi connectivity index (χ0) is 6.97. The van der Waals surface area contributed by atoms with E-state index in [-0.39, 0.29) is 5.56 Å². The molecule has 0 bridgehead atoms. The zero-order valence-corrected chi connectivity index (χ0v) is 5.07. The molecule has 0 aliphatic rings. The second-order valence-corrected chi connectivity index (χ2v) is 1.91. The quantitative estimate of drug-likeness (QED) is 0.531. The summed E-state index contributed by atoms with van der Waals surface area (Å²) in [5, 5.41) is 0. The number of aromatic nitrogens is 1. The molecule has 0 N–H and O–H groups in total. The van der Waals surface area contributed by atoms with Crippen LogP contribution < -0.4 is 5.56 Å². The summed E-state index contributed by atoms with van der Waals surface area (Å²) in [6.45, 7) is 0. The van der Waals surface area contributed by atoms with Gasteiger partial charge in [-0.25, -0.2) is 0 Å². The molecule has 0 saturated carbocycles. The Morgan fingerprint density at radius 2 is 2.40 bits per heavy atom. The van der Waals surface area contributed by atoms with Crippen LogP contribution in [0.15, 0.2) is 33.8 Å². The summed E-state index contributed by atoms with van der Waals surface area (Å²) >= 11 is 0. The van der Waals surface area contributed by atoms with Crippen LogP contribution in [-0.4, -0.2) is 4.57 Å². The molecule has 0 atom stereocenters. The van der Waals surface area contributed by atoms with Gasteiger partial charge in [-0.3, -0.25) is 4.79 Å². The fraction of sp³-hybridized carbons (Fsp3) is 0. The minimum atomic E-state index is -0.262. The molecule has 3 heteroatoms. The molecular formula is C7H4NO2. The summed E-state index contributed by atoms with van der Waals surface area (Å²) in [7, 11) is 0. The van der Waals surface area contributed by atoms with E-state index >= 15 is 0 Å². The van der Waals surface area contributed by atoms with Gasteiger partial charge in [0.2, 0.25) is 0 Å². The Bertz CT molecular complexity index is 399. The molecule has 49 valence electrons. The van der Waals surface area contributed by atoms with Crippen LogP contribution in [0.1, 0.15) is 0 Å². The average Bonchev–Trinajstić information content (AvgIpc) is 2.36. The molecule has 3 nitrogen and oxygen atoms in total. The lowest BCUT2D eigenvalue weighted by Crippen LogP contribution is -2.08. The Morgan fingerprint density at radius 1 is 1.50 bits per heavy atom. The van der Waals surface area contributed by atoms with Gasteiger partial charge in [0.15, 0.2) is 0 Å². The third-order valence-corrected chi connectivity index (χ3v) is 1.28. The van der Waals surface area contributed by atoms with Gasteiger partial charge < -0.3 is 4.52 Å². The Hall–Kier alpha value is -1.51. The van der Waals surface area contributed by atoms with Crippen molar-refractivity contribution < 1.29 is 4.52 Å². The van der Waals surface area contributed by atoms with E-state index in [0.29, 0.717) is 0 Å². The number of fused-ring (bicyclic) bond motifs is 1. The molecule has 1 radical (unpaired) electrons. The maximum atomic E-state index is 10.9. The van der Waals surface area contributed by atoms with Gasteiger partial charge in [0.25, 0.3) is 5.56 Å². The molecule has 10 heavy (non-hydrogen) atoms. The van der Waals surface area contributed by atoms with E-state index in [1.807, 2.05) is 0 Å². The van der Waals surface area contributed by atoms with E-state index in [4.69, 9.17) is 4.52 Å². The lowest BCUT2D eigenvalue weighted by atomic mass is 10.4. The van der Waals surface area contributed by atoms with Crippen LogP contribution in [0.2, 0.25) is 0 Å². The Labute approximate surface area is 56.5 Å². The lowest BCUT2D eigenvalue weighted by Gasteiger charge is -1.84. The highest BCUT2D eigenvalue weighted by molar-refractivity contribution is 5.42. The van der Waals surface area contributed by atoms with E-state index in [1.165, 1.54) is 10.8 Å². The van der Waals surface area contributed by atoms with Gasteiger partial charge >= 0.3 is 0 Å². The highest BCUT2D eigenvalue weighted by atomic mass is 16.5. The van der Waals surface area contributed by atoms with Crippen molar-refractivity contribution in [2.45, 2.75) is 0 Å². The van der Waals surface area contributed by atoms with Gasteiger partial charge in [-0.1, -0.05) is 0 Å². The van der Waals surface area contributed by atoms with Crippen molar-refractivity contribution in [3.63, 3.8) is 0 Å². The molecule has 2 aromatic heterocycles. The summed E-state index contributed by atoms with van der Waals surface area (Å²) in [6.07, 6.45) is 1.46. The standard InChI is InChI=1S/C7H4NO2/c9-7-3-1-2-6-4-5-10-8(6)7/h1-2,4-5H. The first kappa shape index (κ1) is 5.29. The molecule has 0 aliphatic carbocycles. The van der Waals surface area contributed by atoms with Crippen LogP contribution in [0.5, 0.6) is 0 Å². The predicted molar refractivity (Wildman–Crippen MR) is 34.8 cm³/mol. The van der Waals surface area contributed by atoms with E-state index in [9.17, 15) is 4.79 Å². The first-order chi connectivity index (χ1) is 4.88. The van der Waals surface area contributed by atoms with E-state index in [0.717, 1.165) is 5.52 Å². The Balaban J connectivity index is 3.09. The number of rotatable bonds is 0. The number of nitrogens with zero attached hydrogens (tertiary/aromatic N) is 1. The molecule has 0 aliphatic heterocycles. The molecule has 0 aromatic carbocycles. The predicted octanol–water partition coefficient (Wildman–Crippen LogP) is 0.693. The van der Waals surface area contributed by atoms with Crippen LogP contribution in [0.4, 0.5) is 0 Å². The second-order valence-electron chi connectivity index (χ2n) is 1.91. The van der Waals surface area contributed by atoms with Crippen molar-refractivity contribution in [3.05, 3.63) is 40.9 Å². The highest BCUT2D eigenvalue weighted by Crippen LogP contribution is 1.97. The van der Waals surface area contributed by atoms with Crippen molar-refractivity contribution >= 4 is 5.52 Å². The van der Waals surface area contributed by atoms with Crippen molar-refractivity contribution in [2.24, 2.45) is 0 Å². The van der Waals surface area contributed by atoms with Crippen molar-refractivity contribution in [1.82, 2.24) is 4.57 Å². The van der Waals surface area contributed by atoms with Crippen LogP contribution in [0.3, 0.4) is 0 Å². The maximum Gasteiger partial charge on any atom is 0.292 e. The van der Waals surface area contributed by atoms with Crippen molar-refractivity contribution in [1.29, 1.82) is 0 Å². The normalized spacial score (nSPS) is 10.4. The topological polar surface area (TPSA) is 34.6 Å². The van der Waals surface area contributed by atoms with Gasteiger partial charge in [-0.2, -0.15) is 0 Å². The Morgan fingerprint density at radius 3 is 3.20 bits per heavy atom. The molecular weight excluding hydrogens is 130 g/mol. The summed E-state index contributed by atoms with van der Waals surface area (Å²) in [5.74, 6) is 0. The van der Waals surface area contributed by atoms with Gasteiger partial charge in [-0.05, 0) is 12.1 Å². The average molecular weight is 134 g/mol. The van der Waals surface area contributed by atoms with Gasteiger partial charge in [0, 0.05) is 6.07 Å². The van der Waals surface area contributed by atoms with Crippen molar-refractivity contribution in [3.8, 4) is 0 Å². The number of pyridine rings is 1. The smallest absolute Gasteiger partial charge is 0.292 e. The molecule has 0 amide bonds. The van der Waals surface area contributed by atoms with Gasteiger partial charge in [0.05, 0.1) is 11.6 Å². The van der Waals surface area contributed by atoms with E-state index in [1.54, 1.807) is 18.2 Å². The molecule has 0 spiro atoms. The largest absolute Gasteiger partial charge is 0.379 e.